The van der Waals surface area contributed by atoms with Crippen LogP contribution in [-0.4, -0.2) is 36.9 Å². The van der Waals surface area contributed by atoms with Gasteiger partial charge in [-0.3, -0.25) is 19.9 Å². The molecule has 0 bridgehead atoms. The maximum Gasteiger partial charge on any atom is 0.271 e. The van der Waals surface area contributed by atoms with Gasteiger partial charge in [0, 0.05) is 48.9 Å². The Kier molecular flexibility index (Phi) is 6.91. The van der Waals surface area contributed by atoms with Crippen LogP contribution in [0, 0.1) is 10.1 Å². The van der Waals surface area contributed by atoms with Crippen LogP contribution < -0.4 is 10.6 Å². The first-order valence-electron chi connectivity index (χ1n) is 11.8. The summed E-state index contributed by atoms with van der Waals surface area (Å²) in [5.41, 5.74) is 3.07. The van der Waals surface area contributed by atoms with Gasteiger partial charge < -0.3 is 20.1 Å². The number of hydrogen-bond acceptors (Lipinski definition) is 5. The van der Waals surface area contributed by atoms with E-state index in [0.29, 0.717) is 17.3 Å². The molecule has 3 heterocycles. The molecule has 0 saturated carbocycles. The Morgan fingerprint density at radius 1 is 1.05 bits per heavy atom. The largest absolute Gasteiger partial charge is 0.352 e. The van der Waals surface area contributed by atoms with Crippen molar-refractivity contribution in [2.75, 3.05) is 11.9 Å². The third-order valence-corrected chi connectivity index (χ3v) is 6.59. The summed E-state index contributed by atoms with van der Waals surface area (Å²) in [6.45, 7) is 0.374. The number of rotatable bonds is 8. The van der Waals surface area contributed by atoms with Crippen molar-refractivity contribution in [2.45, 2.75) is 18.5 Å². The fourth-order valence-electron chi connectivity index (χ4n) is 4.56. The van der Waals surface area contributed by atoms with E-state index in [4.69, 9.17) is 12.2 Å². The molecule has 2 unspecified atom stereocenters. The van der Waals surface area contributed by atoms with Crippen LogP contribution in [0.15, 0.2) is 97.3 Å². The van der Waals surface area contributed by atoms with Gasteiger partial charge in [-0.15, -0.1) is 0 Å². The van der Waals surface area contributed by atoms with E-state index in [1.54, 1.807) is 12.3 Å². The highest BCUT2D eigenvalue weighted by molar-refractivity contribution is 7.80. The van der Waals surface area contributed by atoms with Gasteiger partial charge in [0.2, 0.25) is 5.91 Å². The minimum atomic E-state index is -0.409. The first kappa shape index (κ1) is 24.1. The Labute approximate surface area is 218 Å². The van der Waals surface area contributed by atoms with Crippen LogP contribution in [0.2, 0.25) is 0 Å². The van der Waals surface area contributed by atoms with E-state index in [0.717, 1.165) is 17.1 Å². The standard InChI is InChI=1S/C27H24N6O3S/c34-24(29-19-8-2-1-3-9-19)14-17-32-26(25(30-27(32)37)22-12-4-5-15-28-22)23-13-7-16-31(23)20-10-6-11-21(18-20)33(35)36/h1-13,15-16,18,25-26H,14,17H2,(H,29,34)(H,30,37). The topological polar surface area (TPSA) is 105 Å². The molecule has 0 radical (unpaired) electrons. The molecule has 37 heavy (non-hydrogen) atoms. The zero-order chi connectivity index (χ0) is 25.8. The number of aromatic nitrogens is 2. The molecule has 2 atom stereocenters. The number of nitro groups is 1. The minimum absolute atomic E-state index is 0.00735. The third kappa shape index (κ3) is 5.19. The molecule has 1 aliphatic rings. The number of carbonyl (C=O) groups is 1. The average Bonchev–Trinajstić information content (AvgIpc) is 3.53. The van der Waals surface area contributed by atoms with Crippen LogP contribution in [0.3, 0.4) is 0 Å². The maximum absolute atomic E-state index is 12.7. The number of nitro benzene ring substituents is 1. The highest BCUT2D eigenvalue weighted by Crippen LogP contribution is 2.39. The molecule has 1 fully saturated rings. The van der Waals surface area contributed by atoms with Crippen LogP contribution in [0.4, 0.5) is 11.4 Å². The number of nitrogens with zero attached hydrogens (tertiary/aromatic N) is 4. The molecule has 1 saturated heterocycles. The van der Waals surface area contributed by atoms with Gasteiger partial charge in [0.25, 0.3) is 5.69 Å². The van der Waals surface area contributed by atoms with E-state index >= 15 is 0 Å². The molecule has 1 aliphatic heterocycles. The lowest BCUT2D eigenvalue weighted by atomic mass is 10.0. The van der Waals surface area contributed by atoms with E-state index in [2.05, 4.69) is 15.6 Å². The predicted molar refractivity (Wildman–Crippen MR) is 144 cm³/mol. The van der Waals surface area contributed by atoms with Crippen molar-refractivity contribution in [3.63, 3.8) is 0 Å². The molecular weight excluding hydrogens is 488 g/mol. The Bertz CT molecular complexity index is 1430. The Morgan fingerprint density at radius 2 is 1.86 bits per heavy atom. The van der Waals surface area contributed by atoms with E-state index < -0.39 is 4.92 Å². The number of anilines is 1. The van der Waals surface area contributed by atoms with Gasteiger partial charge in [0.05, 0.1) is 28.4 Å². The second-order valence-corrected chi connectivity index (χ2v) is 8.95. The highest BCUT2D eigenvalue weighted by atomic mass is 32.1. The van der Waals surface area contributed by atoms with E-state index in [1.807, 2.05) is 82.4 Å². The van der Waals surface area contributed by atoms with Crippen molar-refractivity contribution in [3.05, 3.63) is 119 Å². The van der Waals surface area contributed by atoms with Crippen LogP contribution in [-0.2, 0) is 4.79 Å². The maximum atomic E-state index is 12.7. The number of benzene rings is 2. The summed E-state index contributed by atoms with van der Waals surface area (Å²) >= 11 is 5.72. The molecule has 2 aromatic carbocycles. The molecule has 1 amide bonds. The van der Waals surface area contributed by atoms with Gasteiger partial charge in [0.15, 0.2) is 5.11 Å². The number of thiocarbonyl (C=S) groups is 1. The molecule has 9 nitrogen and oxygen atoms in total. The molecule has 0 spiro atoms. The number of para-hydroxylation sites is 1. The average molecular weight is 513 g/mol. The number of non-ortho nitro benzene ring substituents is 1. The Morgan fingerprint density at radius 3 is 2.62 bits per heavy atom. The molecule has 2 N–H and O–H groups in total. The number of nitrogens with one attached hydrogen (secondary N) is 2. The molecule has 5 rings (SSSR count). The quantitative estimate of drug-likeness (QED) is 0.199. The van der Waals surface area contributed by atoms with Crippen molar-refractivity contribution < 1.29 is 9.72 Å². The molecule has 186 valence electrons. The van der Waals surface area contributed by atoms with E-state index in [-0.39, 0.29) is 30.1 Å². The lowest BCUT2D eigenvalue weighted by Gasteiger charge is -2.28. The summed E-state index contributed by atoms with van der Waals surface area (Å²) in [6, 6.07) is 24.8. The van der Waals surface area contributed by atoms with Gasteiger partial charge >= 0.3 is 0 Å². The van der Waals surface area contributed by atoms with Gasteiger partial charge in [-0.2, -0.15) is 0 Å². The Hall–Kier alpha value is -4.57. The smallest absolute Gasteiger partial charge is 0.271 e. The molecule has 10 heteroatoms. The zero-order valence-corrected chi connectivity index (χ0v) is 20.5. The molecular formula is C27H24N6O3S. The Balaban J connectivity index is 1.47. The summed E-state index contributed by atoms with van der Waals surface area (Å²) in [6.07, 6.45) is 3.82. The first-order valence-corrected chi connectivity index (χ1v) is 12.2. The normalized spacial score (nSPS) is 16.9. The van der Waals surface area contributed by atoms with Crippen molar-refractivity contribution in [2.24, 2.45) is 0 Å². The van der Waals surface area contributed by atoms with Crippen molar-refractivity contribution in [3.8, 4) is 5.69 Å². The molecule has 4 aromatic rings. The van der Waals surface area contributed by atoms with E-state index in [1.165, 1.54) is 12.1 Å². The lowest BCUT2D eigenvalue weighted by Crippen LogP contribution is -2.33. The highest BCUT2D eigenvalue weighted by Gasteiger charge is 2.41. The summed E-state index contributed by atoms with van der Waals surface area (Å²) in [5, 5.41) is 18.2. The summed E-state index contributed by atoms with van der Waals surface area (Å²) in [5.74, 6) is -0.122. The van der Waals surface area contributed by atoms with Crippen LogP contribution in [0.5, 0.6) is 0 Å². The second kappa shape index (κ2) is 10.6. The SMILES string of the molecule is O=C(CCN1C(=S)NC(c2ccccn2)C1c1cccn1-c1cccc([N+](=O)[O-])c1)Nc1ccccc1. The van der Waals surface area contributed by atoms with E-state index in [9.17, 15) is 14.9 Å². The predicted octanol–water partition coefficient (Wildman–Crippen LogP) is 4.78. The van der Waals surface area contributed by atoms with Gasteiger partial charge in [-0.05, 0) is 54.7 Å². The second-order valence-electron chi connectivity index (χ2n) is 8.56. The fraction of sp³-hybridized carbons (Fsp3) is 0.148. The molecule has 0 aliphatic carbocycles. The fourth-order valence-corrected chi connectivity index (χ4v) is 4.89. The summed E-state index contributed by atoms with van der Waals surface area (Å²) in [4.78, 5) is 30.3. The van der Waals surface area contributed by atoms with Crippen molar-refractivity contribution >= 4 is 34.6 Å². The number of hydrogen-bond donors (Lipinski definition) is 2. The van der Waals surface area contributed by atoms with Crippen molar-refractivity contribution in [1.82, 2.24) is 19.8 Å². The van der Waals surface area contributed by atoms with Crippen LogP contribution in [0.25, 0.3) is 5.69 Å². The number of amides is 1. The monoisotopic (exact) mass is 512 g/mol. The van der Waals surface area contributed by atoms with Crippen molar-refractivity contribution in [1.29, 1.82) is 0 Å². The number of carbonyl (C=O) groups excluding carboxylic acids is 1. The van der Waals surface area contributed by atoms with Crippen LogP contribution >= 0.6 is 12.2 Å². The summed E-state index contributed by atoms with van der Waals surface area (Å²) < 4.78 is 1.92. The zero-order valence-electron chi connectivity index (χ0n) is 19.7. The lowest BCUT2D eigenvalue weighted by molar-refractivity contribution is -0.384. The number of pyridine rings is 1. The van der Waals surface area contributed by atoms with Gasteiger partial charge in [-0.25, -0.2) is 0 Å². The van der Waals surface area contributed by atoms with Gasteiger partial charge in [-0.1, -0.05) is 30.3 Å². The molecule has 2 aromatic heterocycles. The van der Waals surface area contributed by atoms with Crippen LogP contribution in [0.1, 0.15) is 29.9 Å². The van der Waals surface area contributed by atoms with Gasteiger partial charge in [0.1, 0.15) is 0 Å². The minimum Gasteiger partial charge on any atom is -0.352 e. The summed E-state index contributed by atoms with van der Waals surface area (Å²) in [7, 11) is 0. The third-order valence-electron chi connectivity index (χ3n) is 6.24. The first-order chi connectivity index (χ1) is 18.0.